The molecule has 1 aromatic heterocycles. The zero-order valence-corrected chi connectivity index (χ0v) is 12.1. The van der Waals surface area contributed by atoms with Crippen LogP contribution >= 0.6 is 15.9 Å². The largest absolute Gasteiger partial charge is 0.397 e. The van der Waals surface area contributed by atoms with E-state index >= 15 is 0 Å². The van der Waals surface area contributed by atoms with Crippen molar-refractivity contribution in [1.82, 2.24) is 9.88 Å². The van der Waals surface area contributed by atoms with Gasteiger partial charge in [0, 0.05) is 19.6 Å². The molecule has 1 atom stereocenters. The normalized spacial score (nSPS) is 20.9. The van der Waals surface area contributed by atoms with E-state index in [1.165, 1.54) is 0 Å². The third kappa shape index (κ3) is 3.57. The van der Waals surface area contributed by atoms with E-state index in [-0.39, 0.29) is 6.10 Å². The van der Waals surface area contributed by atoms with Gasteiger partial charge in [-0.05, 0) is 28.5 Å². The molecule has 0 spiro atoms. The molecule has 0 amide bonds. The predicted octanol–water partition coefficient (Wildman–Crippen LogP) is 1.56. The molecule has 18 heavy (non-hydrogen) atoms. The van der Waals surface area contributed by atoms with E-state index < -0.39 is 0 Å². The van der Waals surface area contributed by atoms with E-state index in [9.17, 15) is 0 Å². The van der Waals surface area contributed by atoms with E-state index in [2.05, 4.69) is 38.1 Å². The molecule has 0 aliphatic carbocycles. The Morgan fingerprint density at radius 3 is 3.22 bits per heavy atom. The van der Waals surface area contributed by atoms with Gasteiger partial charge in [-0.1, -0.05) is 6.92 Å². The summed E-state index contributed by atoms with van der Waals surface area (Å²) in [6.07, 6.45) is 1.86. The molecule has 1 unspecified atom stereocenters. The van der Waals surface area contributed by atoms with Crippen molar-refractivity contribution in [2.24, 2.45) is 0 Å². The number of aromatic nitrogens is 1. The molecule has 1 fully saturated rings. The lowest BCUT2D eigenvalue weighted by molar-refractivity contribution is -0.0192. The summed E-state index contributed by atoms with van der Waals surface area (Å²) in [6.45, 7) is 6.80. The predicted molar refractivity (Wildman–Crippen MR) is 76.7 cm³/mol. The Bertz CT molecular complexity index is 402. The van der Waals surface area contributed by atoms with E-state index in [1.807, 2.05) is 6.07 Å². The molecule has 100 valence electrons. The molecular formula is C12H19BrN4O. The molecule has 6 heteroatoms. The quantitative estimate of drug-likeness (QED) is 0.883. The van der Waals surface area contributed by atoms with Crippen molar-refractivity contribution in [2.45, 2.75) is 13.0 Å². The second-order valence-electron chi connectivity index (χ2n) is 4.37. The Balaban J connectivity index is 1.87. The van der Waals surface area contributed by atoms with Gasteiger partial charge in [0.25, 0.3) is 0 Å². The molecule has 3 N–H and O–H groups in total. The minimum Gasteiger partial charge on any atom is -0.397 e. The summed E-state index contributed by atoms with van der Waals surface area (Å²) in [7, 11) is 0. The number of anilines is 2. The van der Waals surface area contributed by atoms with Crippen LogP contribution in [0.25, 0.3) is 0 Å². The number of rotatable bonds is 4. The van der Waals surface area contributed by atoms with Crippen LogP contribution in [0.1, 0.15) is 6.92 Å². The highest BCUT2D eigenvalue weighted by molar-refractivity contribution is 9.10. The molecule has 1 aromatic rings. The maximum absolute atomic E-state index is 5.72. The highest BCUT2D eigenvalue weighted by Crippen LogP contribution is 2.21. The van der Waals surface area contributed by atoms with Crippen molar-refractivity contribution >= 4 is 27.4 Å². The number of halogens is 1. The maximum Gasteiger partial charge on any atom is 0.140 e. The summed E-state index contributed by atoms with van der Waals surface area (Å²) in [5, 5.41) is 3.29. The number of morpholine rings is 1. The van der Waals surface area contributed by atoms with Gasteiger partial charge in [0.05, 0.1) is 29.1 Å². The highest BCUT2D eigenvalue weighted by atomic mass is 79.9. The summed E-state index contributed by atoms with van der Waals surface area (Å²) in [5.41, 5.74) is 6.30. The Labute approximate surface area is 116 Å². The van der Waals surface area contributed by atoms with Crippen LogP contribution in [0.15, 0.2) is 16.7 Å². The van der Waals surface area contributed by atoms with Crippen molar-refractivity contribution in [3.05, 3.63) is 16.7 Å². The van der Waals surface area contributed by atoms with Crippen LogP contribution in [0.2, 0.25) is 0 Å². The number of hydrogen-bond acceptors (Lipinski definition) is 5. The zero-order chi connectivity index (χ0) is 13.0. The van der Waals surface area contributed by atoms with Crippen LogP contribution < -0.4 is 11.1 Å². The Morgan fingerprint density at radius 1 is 1.67 bits per heavy atom. The fourth-order valence-corrected chi connectivity index (χ4v) is 2.49. The minimum atomic E-state index is 0.213. The maximum atomic E-state index is 5.72. The number of hydrogen-bond donors (Lipinski definition) is 2. The van der Waals surface area contributed by atoms with Gasteiger partial charge in [-0.15, -0.1) is 0 Å². The summed E-state index contributed by atoms with van der Waals surface area (Å²) in [4.78, 5) is 6.64. The monoisotopic (exact) mass is 314 g/mol. The average Bonchev–Trinajstić information content (AvgIpc) is 2.38. The number of nitrogen functional groups attached to an aromatic ring is 1. The second-order valence-corrected chi connectivity index (χ2v) is 5.22. The van der Waals surface area contributed by atoms with Gasteiger partial charge in [-0.3, -0.25) is 4.90 Å². The number of pyridine rings is 1. The van der Waals surface area contributed by atoms with Gasteiger partial charge < -0.3 is 15.8 Å². The summed E-state index contributed by atoms with van der Waals surface area (Å²) >= 11 is 3.44. The van der Waals surface area contributed by atoms with E-state index in [1.54, 1.807) is 6.20 Å². The number of likely N-dealkylation sites (N-methyl/N-ethyl adjacent to an activating group) is 1. The van der Waals surface area contributed by atoms with Crippen LogP contribution in [-0.4, -0.2) is 48.8 Å². The van der Waals surface area contributed by atoms with Gasteiger partial charge in [-0.2, -0.15) is 0 Å². The van der Waals surface area contributed by atoms with Crippen LogP contribution in [0.5, 0.6) is 0 Å². The van der Waals surface area contributed by atoms with Gasteiger partial charge in [-0.25, -0.2) is 4.98 Å². The number of ether oxygens (including phenoxy) is 1. The molecule has 1 saturated heterocycles. The van der Waals surface area contributed by atoms with Gasteiger partial charge in [0.1, 0.15) is 5.82 Å². The van der Waals surface area contributed by atoms with Crippen LogP contribution in [0.3, 0.4) is 0 Å². The Hall–Kier alpha value is -0.850. The standard InChI is InChI=1S/C12H19BrN4O/c1-2-17-3-4-18-10(8-17)7-16-12-11(13)5-9(14)6-15-12/h5-6,10H,2-4,7-8,14H2,1H3,(H,15,16). The van der Waals surface area contributed by atoms with Crippen LogP contribution in [-0.2, 0) is 4.74 Å². The first kappa shape index (κ1) is 13.6. The molecule has 1 aliphatic heterocycles. The van der Waals surface area contributed by atoms with Crippen molar-refractivity contribution in [3.63, 3.8) is 0 Å². The first-order chi connectivity index (χ1) is 8.69. The average molecular weight is 315 g/mol. The molecule has 2 heterocycles. The molecule has 1 aliphatic rings. The number of nitrogens with zero attached hydrogens (tertiary/aromatic N) is 2. The second kappa shape index (κ2) is 6.36. The van der Waals surface area contributed by atoms with E-state index in [0.717, 1.165) is 43.1 Å². The number of nitrogens with one attached hydrogen (secondary N) is 1. The minimum absolute atomic E-state index is 0.213. The van der Waals surface area contributed by atoms with Gasteiger partial charge >= 0.3 is 0 Å². The summed E-state index contributed by atoms with van der Waals surface area (Å²) < 4.78 is 6.60. The van der Waals surface area contributed by atoms with E-state index in [0.29, 0.717) is 5.69 Å². The van der Waals surface area contributed by atoms with Crippen molar-refractivity contribution in [3.8, 4) is 0 Å². The first-order valence-electron chi connectivity index (χ1n) is 6.18. The fraction of sp³-hybridized carbons (Fsp3) is 0.583. The fourth-order valence-electron chi connectivity index (χ4n) is 1.98. The third-order valence-electron chi connectivity index (χ3n) is 3.03. The van der Waals surface area contributed by atoms with Gasteiger partial charge in [0.2, 0.25) is 0 Å². The molecule has 0 bridgehead atoms. The van der Waals surface area contributed by atoms with Crippen molar-refractivity contribution < 1.29 is 4.74 Å². The molecule has 0 radical (unpaired) electrons. The third-order valence-corrected chi connectivity index (χ3v) is 3.63. The zero-order valence-electron chi connectivity index (χ0n) is 10.5. The summed E-state index contributed by atoms with van der Waals surface area (Å²) in [6, 6.07) is 1.84. The molecule has 2 rings (SSSR count). The van der Waals surface area contributed by atoms with Crippen molar-refractivity contribution in [2.75, 3.05) is 43.8 Å². The summed E-state index contributed by atoms with van der Waals surface area (Å²) in [5.74, 6) is 0.807. The van der Waals surface area contributed by atoms with Gasteiger partial charge in [0.15, 0.2) is 0 Å². The Morgan fingerprint density at radius 2 is 2.50 bits per heavy atom. The van der Waals surface area contributed by atoms with Crippen LogP contribution in [0, 0.1) is 0 Å². The SMILES string of the molecule is CCN1CCOC(CNc2ncc(N)cc2Br)C1. The topological polar surface area (TPSA) is 63.4 Å². The lowest BCUT2D eigenvalue weighted by Gasteiger charge is -2.32. The smallest absolute Gasteiger partial charge is 0.140 e. The lowest BCUT2D eigenvalue weighted by atomic mass is 10.2. The first-order valence-corrected chi connectivity index (χ1v) is 6.97. The molecule has 0 saturated carbocycles. The highest BCUT2D eigenvalue weighted by Gasteiger charge is 2.19. The molecule has 5 nitrogen and oxygen atoms in total. The van der Waals surface area contributed by atoms with Crippen LogP contribution in [0.4, 0.5) is 11.5 Å². The van der Waals surface area contributed by atoms with E-state index in [4.69, 9.17) is 10.5 Å². The van der Waals surface area contributed by atoms with Crippen molar-refractivity contribution in [1.29, 1.82) is 0 Å². The number of nitrogens with two attached hydrogens (primary N) is 1. The molecular weight excluding hydrogens is 296 g/mol. The lowest BCUT2D eigenvalue weighted by Crippen LogP contribution is -2.45. The molecule has 0 aromatic carbocycles. The Kier molecular flexibility index (Phi) is 4.79.